The van der Waals surface area contributed by atoms with Crippen molar-refractivity contribution in [3.05, 3.63) is 59.3 Å². The van der Waals surface area contributed by atoms with E-state index < -0.39 is 0 Å². The second-order valence-electron chi connectivity index (χ2n) is 7.99. The summed E-state index contributed by atoms with van der Waals surface area (Å²) in [6.07, 6.45) is 6.11. The molecule has 2 fully saturated rings. The molecule has 0 bridgehead atoms. The zero-order chi connectivity index (χ0) is 20.1. The summed E-state index contributed by atoms with van der Waals surface area (Å²) >= 11 is 0. The minimum Gasteiger partial charge on any atom is -0.455 e. The number of hydrogen-bond acceptors (Lipinski definition) is 4. The Morgan fingerprint density at radius 2 is 1.72 bits per heavy atom. The molecule has 1 saturated carbocycles. The van der Waals surface area contributed by atoms with E-state index in [1.807, 2.05) is 18.2 Å². The molecule has 5 nitrogen and oxygen atoms in total. The van der Waals surface area contributed by atoms with Crippen molar-refractivity contribution in [2.24, 2.45) is 0 Å². The molecule has 1 aromatic heterocycles. The second kappa shape index (κ2) is 9.55. The molecule has 6 heteroatoms. The standard InChI is InChI=1S/C23H29FN2O3/c24-19-8-6-18(7-9-19)16-26(20-4-2-1-3-5-20)17-21-10-11-22(29-21)23(27)25-12-14-28-15-13-25/h6-11,20H,1-5,12-17H2. The predicted octanol–water partition coefficient (Wildman–Crippen LogP) is 4.23. The van der Waals surface area contributed by atoms with E-state index in [4.69, 9.17) is 9.15 Å². The molecule has 1 saturated heterocycles. The maximum Gasteiger partial charge on any atom is 0.289 e. The summed E-state index contributed by atoms with van der Waals surface area (Å²) < 4.78 is 24.5. The van der Waals surface area contributed by atoms with Crippen LogP contribution in [0.3, 0.4) is 0 Å². The lowest BCUT2D eigenvalue weighted by Gasteiger charge is -2.34. The van der Waals surface area contributed by atoms with E-state index in [1.165, 1.54) is 44.2 Å². The van der Waals surface area contributed by atoms with Gasteiger partial charge in [0.25, 0.3) is 5.91 Å². The Kier molecular flexibility index (Phi) is 6.62. The van der Waals surface area contributed by atoms with Gasteiger partial charge in [-0.05, 0) is 42.7 Å². The van der Waals surface area contributed by atoms with Crippen molar-refractivity contribution in [1.82, 2.24) is 9.80 Å². The van der Waals surface area contributed by atoms with Crippen LogP contribution in [0.5, 0.6) is 0 Å². The van der Waals surface area contributed by atoms with Crippen molar-refractivity contribution in [2.75, 3.05) is 26.3 Å². The molecule has 4 rings (SSSR count). The maximum absolute atomic E-state index is 13.3. The summed E-state index contributed by atoms with van der Waals surface area (Å²) in [5, 5.41) is 0. The summed E-state index contributed by atoms with van der Waals surface area (Å²) in [5.41, 5.74) is 1.09. The summed E-state index contributed by atoms with van der Waals surface area (Å²) in [4.78, 5) is 16.8. The van der Waals surface area contributed by atoms with Gasteiger partial charge >= 0.3 is 0 Å². The Labute approximate surface area is 171 Å². The Hall–Kier alpha value is -2.18. The van der Waals surface area contributed by atoms with Crippen LogP contribution in [0.25, 0.3) is 0 Å². The number of carbonyl (C=O) groups excluding carboxylic acids is 1. The summed E-state index contributed by atoms with van der Waals surface area (Å²) in [7, 11) is 0. The van der Waals surface area contributed by atoms with Crippen LogP contribution in [-0.4, -0.2) is 48.1 Å². The Bertz CT molecular complexity index is 793. The smallest absolute Gasteiger partial charge is 0.289 e. The SMILES string of the molecule is O=C(c1ccc(CN(Cc2ccc(F)cc2)C2CCCCC2)o1)N1CCOCC1. The lowest BCUT2D eigenvalue weighted by Crippen LogP contribution is -2.40. The molecule has 0 radical (unpaired) electrons. The van der Waals surface area contributed by atoms with Crippen molar-refractivity contribution in [1.29, 1.82) is 0 Å². The van der Waals surface area contributed by atoms with Gasteiger partial charge in [-0.1, -0.05) is 31.4 Å². The van der Waals surface area contributed by atoms with Gasteiger partial charge in [0.1, 0.15) is 11.6 Å². The van der Waals surface area contributed by atoms with E-state index in [0.29, 0.717) is 44.7 Å². The topological polar surface area (TPSA) is 45.9 Å². The normalized spacial score (nSPS) is 18.3. The Balaban J connectivity index is 1.46. The Morgan fingerprint density at radius 3 is 2.45 bits per heavy atom. The van der Waals surface area contributed by atoms with Gasteiger partial charge in [0.05, 0.1) is 19.8 Å². The van der Waals surface area contributed by atoms with Crippen LogP contribution < -0.4 is 0 Å². The van der Waals surface area contributed by atoms with Gasteiger partial charge in [-0.3, -0.25) is 9.69 Å². The molecule has 2 aliphatic rings. The van der Waals surface area contributed by atoms with Gasteiger partial charge in [-0.2, -0.15) is 0 Å². The van der Waals surface area contributed by atoms with Crippen LogP contribution in [0, 0.1) is 5.82 Å². The third-order valence-electron chi connectivity index (χ3n) is 5.92. The molecule has 1 aromatic carbocycles. The zero-order valence-corrected chi connectivity index (χ0v) is 16.8. The fraction of sp³-hybridized carbons (Fsp3) is 0.522. The molecular formula is C23H29FN2O3. The minimum atomic E-state index is -0.213. The van der Waals surface area contributed by atoms with Crippen LogP contribution in [0.2, 0.25) is 0 Å². The number of rotatable bonds is 6. The molecular weight excluding hydrogens is 371 g/mol. The number of halogens is 1. The number of furan rings is 1. The van der Waals surface area contributed by atoms with E-state index >= 15 is 0 Å². The second-order valence-corrected chi connectivity index (χ2v) is 7.99. The maximum atomic E-state index is 13.3. The van der Waals surface area contributed by atoms with Crippen molar-refractivity contribution in [3.8, 4) is 0 Å². The van der Waals surface area contributed by atoms with Crippen LogP contribution in [-0.2, 0) is 17.8 Å². The van der Waals surface area contributed by atoms with Crippen LogP contribution in [0.15, 0.2) is 40.8 Å². The number of amides is 1. The van der Waals surface area contributed by atoms with Gasteiger partial charge in [0.2, 0.25) is 0 Å². The van der Waals surface area contributed by atoms with Crippen LogP contribution in [0.1, 0.15) is 54.0 Å². The summed E-state index contributed by atoms with van der Waals surface area (Å²) in [6, 6.07) is 10.9. The molecule has 0 N–H and O–H groups in total. The fourth-order valence-corrected chi connectivity index (χ4v) is 4.28. The largest absolute Gasteiger partial charge is 0.455 e. The van der Waals surface area contributed by atoms with Gasteiger partial charge in [-0.15, -0.1) is 0 Å². The average Bonchev–Trinajstić information content (AvgIpc) is 3.24. The van der Waals surface area contributed by atoms with Gasteiger partial charge in [0.15, 0.2) is 5.76 Å². The number of morpholine rings is 1. The monoisotopic (exact) mass is 400 g/mol. The first-order chi connectivity index (χ1) is 14.2. The number of hydrogen-bond donors (Lipinski definition) is 0. The van der Waals surface area contributed by atoms with E-state index in [0.717, 1.165) is 17.9 Å². The summed E-state index contributed by atoms with van der Waals surface area (Å²) in [5.74, 6) is 0.916. The fourth-order valence-electron chi connectivity index (χ4n) is 4.28. The van der Waals surface area contributed by atoms with E-state index in [9.17, 15) is 9.18 Å². The highest BCUT2D eigenvalue weighted by molar-refractivity contribution is 5.91. The molecule has 1 aliphatic heterocycles. The summed E-state index contributed by atoms with van der Waals surface area (Å²) in [6.45, 7) is 3.76. The zero-order valence-electron chi connectivity index (χ0n) is 16.8. The highest BCUT2D eigenvalue weighted by Crippen LogP contribution is 2.26. The number of benzene rings is 1. The number of ether oxygens (including phenoxy) is 1. The third kappa shape index (κ3) is 5.25. The molecule has 2 heterocycles. The molecule has 2 aromatic rings. The highest BCUT2D eigenvalue weighted by Gasteiger charge is 2.25. The van der Waals surface area contributed by atoms with E-state index in [-0.39, 0.29) is 11.7 Å². The van der Waals surface area contributed by atoms with Crippen molar-refractivity contribution in [2.45, 2.75) is 51.2 Å². The van der Waals surface area contributed by atoms with Crippen molar-refractivity contribution in [3.63, 3.8) is 0 Å². The Morgan fingerprint density at radius 1 is 1.00 bits per heavy atom. The van der Waals surface area contributed by atoms with E-state index in [1.54, 1.807) is 11.0 Å². The quantitative estimate of drug-likeness (QED) is 0.728. The third-order valence-corrected chi connectivity index (χ3v) is 5.92. The molecule has 156 valence electrons. The molecule has 0 atom stereocenters. The van der Waals surface area contributed by atoms with Crippen molar-refractivity contribution >= 4 is 5.91 Å². The predicted molar refractivity (Wildman–Crippen MR) is 108 cm³/mol. The first kappa shape index (κ1) is 20.1. The van der Waals surface area contributed by atoms with Gasteiger partial charge in [0, 0.05) is 25.7 Å². The highest BCUT2D eigenvalue weighted by atomic mass is 19.1. The number of nitrogens with zero attached hydrogens (tertiary/aromatic N) is 2. The average molecular weight is 400 g/mol. The molecule has 29 heavy (non-hydrogen) atoms. The molecule has 0 spiro atoms. The molecule has 0 unspecified atom stereocenters. The minimum absolute atomic E-state index is 0.0673. The molecule has 1 amide bonds. The first-order valence-corrected chi connectivity index (χ1v) is 10.6. The van der Waals surface area contributed by atoms with Crippen LogP contribution >= 0.6 is 0 Å². The first-order valence-electron chi connectivity index (χ1n) is 10.6. The van der Waals surface area contributed by atoms with Crippen LogP contribution in [0.4, 0.5) is 4.39 Å². The van der Waals surface area contributed by atoms with Gasteiger partial charge in [-0.25, -0.2) is 4.39 Å². The van der Waals surface area contributed by atoms with Crippen molar-refractivity contribution < 1.29 is 18.3 Å². The number of carbonyl (C=O) groups is 1. The van der Waals surface area contributed by atoms with E-state index in [2.05, 4.69) is 4.90 Å². The molecule has 1 aliphatic carbocycles. The van der Waals surface area contributed by atoms with Gasteiger partial charge < -0.3 is 14.1 Å². The lowest BCUT2D eigenvalue weighted by molar-refractivity contribution is 0.0280. The lowest BCUT2D eigenvalue weighted by atomic mass is 9.93.